The third-order valence-electron chi connectivity index (χ3n) is 3.81. The zero-order chi connectivity index (χ0) is 17.7. The van der Waals surface area contributed by atoms with E-state index in [1.807, 2.05) is 18.7 Å². The molecule has 0 bridgehead atoms. The van der Waals surface area contributed by atoms with Gasteiger partial charge in [-0.25, -0.2) is 9.18 Å². The summed E-state index contributed by atoms with van der Waals surface area (Å²) in [6.07, 6.45) is 0.0883. The molecule has 1 aromatic carbocycles. The van der Waals surface area contributed by atoms with E-state index in [0.29, 0.717) is 37.4 Å². The van der Waals surface area contributed by atoms with Crippen molar-refractivity contribution in [2.75, 3.05) is 29.9 Å². The maximum absolute atomic E-state index is 14.4. The van der Waals surface area contributed by atoms with E-state index in [1.165, 1.54) is 6.07 Å². The number of aliphatic hydroxyl groups excluding tert-OH is 1. The lowest BCUT2D eigenvalue weighted by atomic mass is 10.2. The van der Waals surface area contributed by atoms with Crippen molar-refractivity contribution in [1.82, 2.24) is 5.32 Å². The zero-order valence-corrected chi connectivity index (χ0v) is 14.4. The van der Waals surface area contributed by atoms with Crippen LogP contribution in [0, 0.1) is 5.82 Å². The summed E-state index contributed by atoms with van der Waals surface area (Å²) in [7, 11) is 0. The van der Waals surface area contributed by atoms with Gasteiger partial charge >= 0.3 is 6.03 Å². The van der Waals surface area contributed by atoms with Crippen LogP contribution in [0.1, 0.15) is 27.2 Å². The molecular formula is C17H26FN3O3. The van der Waals surface area contributed by atoms with Gasteiger partial charge in [-0.15, -0.1) is 0 Å². The Kier molecular flexibility index (Phi) is 6.39. The van der Waals surface area contributed by atoms with Gasteiger partial charge in [0.2, 0.25) is 0 Å². The number of aliphatic hydroxyl groups is 1. The van der Waals surface area contributed by atoms with Crippen LogP contribution in [0.4, 0.5) is 20.6 Å². The van der Waals surface area contributed by atoms with Gasteiger partial charge in [-0.05, 0) is 45.4 Å². The highest BCUT2D eigenvalue weighted by Crippen LogP contribution is 2.26. The minimum atomic E-state index is -0.472. The van der Waals surface area contributed by atoms with Crippen molar-refractivity contribution >= 4 is 17.4 Å². The number of amides is 2. The summed E-state index contributed by atoms with van der Waals surface area (Å²) in [6, 6.07) is 4.24. The molecule has 7 heteroatoms. The first kappa shape index (κ1) is 18.5. The van der Waals surface area contributed by atoms with Crippen LogP contribution < -0.4 is 15.5 Å². The molecule has 1 aromatic rings. The van der Waals surface area contributed by atoms with Crippen LogP contribution in [-0.4, -0.2) is 49.1 Å². The number of morpholine rings is 1. The van der Waals surface area contributed by atoms with Gasteiger partial charge in [0.1, 0.15) is 5.82 Å². The number of anilines is 2. The first-order chi connectivity index (χ1) is 11.3. The Morgan fingerprint density at radius 1 is 1.42 bits per heavy atom. The summed E-state index contributed by atoms with van der Waals surface area (Å²) in [5.74, 6) is -0.377. The normalized spacial score (nSPS) is 22.1. The van der Waals surface area contributed by atoms with Crippen LogP contribution in [0.25, 0.3) is 0 Å². The highest BCUT2D eigenvalue weighted by molar-refractivity contribution is 5.89. The number of ether oxygens (including phenoxy) is 1. The Morgan fingerprint density at radius 3 is 2.67 bits per heavy atom. The first-order valence-corrected chi connectivity index (χ1v) is 8.28. The van der Waals surface area contributed by atoms with Crippen molar-refractivity contribution in [2.24, 2.45) is 0 Å². The summed E-state index contributed by atoms with van der Waals surface area (Å²) < 4.78 is 20.1. The Morgan fingerprint density at radius 2 is 2.08 bits per heavy atom. The topological polar surface area (TPSA) is 73.8 Å². The second-order valence-corrected chi connectivity index (χ2v) is 6.35. The van der Waals surface area contributed by atoms with Crippen LogP contribution >= 0.6 is 0 Å². The van der Waals surface area contributed by atoms with Gasteiger partial charge < -0.3 is 25.4 Å². The minimum Gasteiger partial charge on any atom is -0.393 e. The summed E-state index contributed by atoms with van der Waals surface area (Å²) in [4.78, 5) is 13.7. The highest BCUT2D eigenvalue weighted by Gasteiger charge is 2.24. The average Bonchev–Trinajstić information content (AvgIpc) is 2.45. The number of carbonyl (C=O) groups excluding carboxylic acids is 1. The summed E-state index contributed by atoms with van der Waals surface area (Å²) in [6.45, 7) is 7.21. The number of benzene rings is 1. The predicted octanol–water partition coefficient (Wildman–Crippen LogP) is 2.33. The lowest BCUT2D eigenvalue weighted by molar-refractivity contribution is -0.00539. The maximum Gasteiger partial charge on any atom is 0.319 e. The fourth-order valence-electron chi connectivity index (χ4n) is 2.79. The number of nitrogens with one attached hydrogen (secondary N) is 2. The third-order valence-corrected chi connectivity index (χ3v) is 3.81. The maximum atomic E-state index is 14.4. The van der Waals surface area contributed by atoms with Gasteiger partial charge in [0.05, 0.1) is 24.0 Å². The Labute approximate surface area is 142 Å². The zero-order valence-electron chi connectivity index (χ0n) is 14.4. The molecule has 0 radical (unpaired) electrons. The van der Waals surface area contributed by atoms with E-state index in [1.54, 1.807) is 19.1 Å². The lowest BCUT2D eigenvalue weighted by Crippen LogP contribution is -2.45. The second-order valence-electron chi connectivity index (χ2n) is 6.35. The van der Waals surface area contributed by atoms with Crippen molar-refractivity contribution in [3.8, 4) is 0 Å². The van der Waals surface area contributed by atoms with Crippen LogP contribution in [0.3, 0.4) is 0 Å². The van der Waals surface area contributed by atoms with Crippen LogP contribution in [0.2, 0.25) is 0 Å². The molecule has 1 fully saturated rings. The van der Waals surface area contributed by atoms with Gasteiger partial charge in [0.25, 0.3) is 0 Å². The highest BCUT2D eigenvalue weighted by atomic mass is 19.1. The molecule has 3 atom stereocenters. The van der Waals surface area contributed by atoms with Gasteiger partial charge in [-0.3, -0.25) is 0 Å². The van der Waals surface area contributed by atoms with E-state index in [4.69, 9.17) is 9.84 Å². The number of halogens is 1. The molecule has 2 rings (SSSR count). The Balaban J connectivity index is 1.95. The molecule has 1 aliphatic heterocycles. The molecule has 1 aliphatic rings. The lowest BCUT2D eigenvalue weighted by Gasteiger charge is -2.37. The van der Waals surface area contributed by atoms with Crippen molar-refractivity contribution in [3.63, 3.8) is 0 Å². The molecule has 134 valence electrons. The fourth-order valence-corrected chi connectivity index (χ4v) is 2.79. The summed E-state index contributed by atoms with van der Waals surface area (Å²) >= 11 is 0. The van der Waals surface area contributed by atoms with E-state index in [-0.39, 0.29) is 18.0 Å². The molecule has 3 unspecified atom stereocenters. The summed E-state index contributed by atoms with van der Waals surface area (Å²) in [5, 5.41) is 14.3. The van der Waals surface area contributed by atoms with Gasteiger partial charge in [0.15, 0.2) is 0 Å². The van der Waals surface area contributed by atoms with Crippen LogP contribution in [0.15, 0.2) is 18.2 Å². The third kappa shape index (κ3) is 5.35. The molecule has 2 amide bonds. The van der Waals surface area contributed by atoms with Crippen molar-refractivity contribution in [1.29, 1.82) is 0 Å². The number of carbonyl (C=O) groups is 1. The Bertz CT molecular complexity index is 558. The van der Waals surface area contributed by atoms with E-state index < -0.39 is 12.1 Å². The molecule has 1 saturated heterocycles. The smallest absolute Gasteiger partial charge is 0.319 e. The van der Waals surface area contributed by atoms with Gasteiger partial charge in [-0.2, -0.15) is 0 Å². The van der Waals surface area contributed by atoms with Gasteiger partial charge in [0, 0.05) is 25.3 Å². The molecule has 0 aliphatic carbocycles. The van der Waals surface area contributed by atoms with E-state index in [2.05, 4.69) is 10.6 Å². The number of nitrogens with zero attached hydrogens (tertiary/aromatic N) is 1. The average molecular weight is 339 g/mol. The molecule has 0 aromatic heterocycles. The van der Waals surface area contributed by atoms with Crippen molar-refractivity contribution in [3.05, 3.63) is 24.0 Å². The molecule has 3 N–H and O–H groups in total. The first-order valence-electron chi connectivity index (χ1n) is 8.28. The van der Waals surface area contributed by atoms with Crippen LogP contribution in [-0.2, 0) is 4.74 Å². The number of urea groups is 1. The molecule has 0 spiro atoms. The number of hydrogen-bond donors (Lipinski definition) is 3. The standard InChI is InChI=1S/C17H26FN3O3/c1-11(22)6-7-19-17(23)20-14-4-5-16(15(18)8-14)21-9-12(2)24-13(3)10-21/h4-5,8,11-13,22H,6-7,9-10H2,1-3H3,(H2,19,20,23). The van der Waals surface area contributed by atoms with Gasteiger partial charge in [-0.1, -0.05) is 0 Å². The van der Waals surface area contributed by atoms with Crippen molar-refractivity contribution < 1.29 is 19.0 Å². The minimum absolute atomic E-state index is 0.0469. The predicted molar refractivity (Wildman–Crippen MR) is 91.9 cm³/mol. The van der Waals surface area contributed by atoms with Crippen molar-refractivity contribution in [2.45, 2.75) is 45.5 Å². The molecule has 0 saturated carbocycles. The van der Waals surface area contributed by atoms with E-state index >= 15 is 0 Å². The fraction of sp³-hybridized carbons (Fsp3) is 0.588. The monoisotopic (exact) mass is 339 g/mol. The second kappa shape index (κ2) is 8.30. The largest absolute Gasteiger partial charge is 0.393 e. The summed E-state index contributed by atoms with van der Waals surface area (Å²) in [5.41, 5.74) is 0.900. The quantitative estimate of drug-likeness (QED) is 0.770. The van der Waals surface area contributed by atoms with Crippen LogP contribution in [0.5, 0.6) is 0 Å². The van der Waals surface area contributed by atoms with E-state index in [9.17, 15) is 9.18 Å². The number of hydrogen-bond acceptors (Lipinski definition) is 4. The molecule has 6 nitrogen and oxygen atoms in total. The molecular weight excluding hydrogens is 313 g/mol. The van der Waals surface area contributed by atoms with E-state index in [0.717, 1.165) is 0 Å². The number of rotatable bonds is 5. The SMILES string of the molecule is CC(O)CCNC(=O)Nc1ccc(N2CC(C)OC(C)C2)c(F)c1. The Hall–Kier alpha value is -1.86. The molecule has 1 heterocycles. The molecule has 24 heavy (non-hydrogen) atoms.